The minimum Gasteiger partial charge on any atom is -0.493 e. The van der Waals surface area contributed by atoms with Crippen LogP contribution in [0.2, 0.25) is 0 Å². The summed E-state index contributed by atoms with van der Waals surface area (Å²) in [4.78, 5) is 16.0. The van der Waals surface area contributed by atoms with Gasteiger partial charge in [-0.1, -0.05) is 66.7 Å². The van der Waals surface area contributed by atoms with Crippen LogP contribution in [-0.4, -0.2) is 17.5 Å². The van der Waals surface area contributed by atoms with Gasteiger partial charge in [-0.15, -0.1) is 0 Å². The fourth-order valence-corrected chi connectivity index (χ4v) is 4.58. The zero-order valence-corrected chi connectivity index (χ0v) is 18.8. The van der Waals surface area contributed by atoms with Crippen LogP contribution in [0.15, 0.2) is 84.9 Å². The summed E-state index contributed by atoms with van der Waals surface area (Å²) in [6.07, 6.45) is 2.11. The summed E-state index contributed by atoms with van der Waals surface area (Å²) in [7, 11) is 0. The molecule has 0 aliphatic carbocycles. The molecule has 166 valence electrons. The summed E-state index contributed by atoms with van der Waals surface area (Å²) in [5, 5.41) is 7.83. The van der Waals surface area contributed by atoms with Gasteiger partial charge >= 0.3 is 0 Å². The molecule has 4 aromatic carbocycles. The Bertz CT molecular complexity index is 1410. The first-order valence-electron chi connectivity index (χ1n) is 11.6. The van der Waals surface area contributed by atoms with E-state index in [1.165, 1.54) is 16.2 Å². The first kappa shape index (κ1) is 21.1. The van der Waals surface area contributed by atoms with Crippen LogP contribution < -0.4 is 10.1 Å². The van der Waals surface area contributed by atoms with Gasteiger partial charge in [-0.25, -0.2) is 0 Å². The zero-order chi connectivity index (χ0) is 22.6. The Morgan fingerprint density at radius 2 is 1.58 bits per heavy atom. The molecular formula is C29H28N2O2. The summed E-state index contributed by atoms with van der Waals surface area (Å²) < 4.78 is 6.11. The molecule has 1 heterocycles. The number of benzene rings is 4. The molecule has 0 fully saturated rings. The third-order valence-corrected chi connectivity index (χ3v) is 6.22. The van der Waals surface area contributed by atoms with Gasteiger partial charge in [-0.3, -0.25) is 4.79 Å². The van der Waals surface area contributed by atoms with E-state index >= 15 is 0 Å². The van der Waals surface area contributed by atoms with E-state index < -0.39 is 0 Å². The van der Waals surface area contributed by atoms with Crippen molar-refractivity contribution < 1.29 is 9.53 Å². The molecule has 5 aromatic rings. The lowest BCUT2D eigenvalue weighted by Crippen LogP contribution is -2.26. The number of amides is 1. The first-order chi connectivity index (χ1) is 16.2. The highest BCUT2D eigenvalue weighted by molar-refractivity contribution is 6.10. The van der Waals surface area contributed by atoms with Crippen LogP contribution in [0.3, 0.4) is 0 Å². The number of carbonyl (C=O) groups excluding carboxylic acids is 1. The average Bonchev–Trinajstić information content (AvgIpc) is 3.23. The van der Waals surface area contributed by atoms with Crippen LogP contribution in [0.1, 0.15) is 37.8 Å². The normalized spacial score (nSPS) is 12.3. The minimum atomic E-state index is -0.0284. The van der Waals surface area contributed by atoms with Gasteiger partial charge in [0, 0.05) is 22.7 Å². The number of H-pyrrole nitrogens is 1. The van der Waals surface area contributed by atoms with E-state index in [-0.39, 0.29) is 11.9 Å². The van der Waals surface area contributed by atoms with E-state index in [2.05, 4.69) is 52.8 Å². The second-order valence-corrected chi connectivity index (χ2v) is 8.51. The highest BCUT2D eigenvalue weighted by Gasteiger charge is 2.13. The molecule has 5 rings (SSSR count). The molecule has 0 saturated heterocycles. The van der Waals surface area contributed by atoms with Gasteiger partial charge < -0.3 is 15.0 Å². The van der Waals surface area contributed by atoms with E-state index in [1.807, 2.05) is 49.4 Å². The van der Waals surface area contributed by atoms with Crippen LogP contribution in [0.5, 0.6) is 5.75 Å². The number of hydrogen-bond acceptors (Lipinski definition) is 2. The maximum atomic E-state index is 12.5. The average molecular weight is 437 g/mol. The number of aromatic amines is 1. The predicted octanol–water partition coefficient (Wildman–Crippen LogP) is 6.90. The van der Waals surface area contributed by atoms with Gasteiger partial charge in [0.15, 0.2) is 0 Å². The van der Waals surface area contributed by atoms with Crippen LogP contribution in [0.4, 0.5) is 0 Å². The van der Waals surface area contributed by atoms with E-state index in [1.54, 1.807) is 0 Å². The van der Waals surface area contributed by atoms with Crippen molar-refractivity contribution >= 4 is 38.5 Å². The van der Waals surface area contributed by atoms with Gasteiger partial charge in [0.05, 0.1) is 18.2 Å². The Morgan fingerprint density at radius 1 is 0.848 bits per heavy atom. The van der Waals surface area contributed by atoms with Gasteiger partial charge in [0.2, 0.25) is 5.91 Å². The largest absolute Gasteiger partial charge is 0.493 e. The van der Waals surface area contributed by atoms with Crippen molar-refractivity contribution in [2.45, 2.75) is 32.2 Å². The Balaban J connectivity index is 1.14. The number of unbranched alkanes of at least 4 members (excludes halogenated alkanes) is 1. The zero-order valence-electron chi connectivity index (χ0n) is 18.8. The highest BCUT2D eigenvalue weighted by atomic mass is 16.5. The van der Waals surface area contributed by atoms with Crippen LogP contribution in [0, 0.1) is 0 Å². The number of rotatable bonds is 8. The van der Waals surface area contributed by atoms with Gasteiger partial charge in [0.25, 0.3) is 0 Å². The number of hydrogen-bond donors (Lipinski definition) is 2. The monoisotopic (exact) mass is 436 g/mol. The van der Waals surface area contributed by atoms with Crippen molar-refractivity contribution in [3.8, 4) is 5.75 Å². The fraction of sp³-hybridized carbons (Fsp3) is 0.207. The molecule has 4 nitrogen and oxygen atoms in total. The molecule has 4 heteroatoms. The molecule has 0 aliphatic heterocycles. The van der Waals surface area contributed by atoms with E-state index in [4.69, 9.17) is 4.74 Å². The van der Waals surface area contributed by atoms with Crippen molar-refractivity contribution in [3.63, 3.8) is 0 Å². The van der Waals surface area contributed by atoms with Gasteiger partial charge in [-0.05, 0) is 54.3 Å². The SMILES string of the molecule is C[C@@H](NC(=O)CCCCOc1cccc2[nH]c3ccccc3c12)c1cccc2ccccc12. The molecule has 2 N–H and O–H groups in total. The summed E-state index contributed by atoms with van der Waals surface area (Å²) in [6, 6.07) is 28.9. The maximum absolute atomic E-state index is 12.5. The Labute approximate surface area is 193 Å². The Kier molecular flexibility index (Phi) is 5.99. The van der Waals surface area contributed by atoms with Crippen molar-refractivity contribution in [1.29, 1.82) is 0 Å². The molecular weight excluding hydrogens is 408 g/mol. The quantitative estimate of drug-likeness (QED) is 0.260. The van der Waals surface area contributed by atoms with E-state index in [0.29, 0.717) is 13.0 Å². The molecule has 1 amide bonds. The third-order valence-electron chi connectivity index (χ3n) is 6.22. The van der Waals surface area contributed by atoms with Crippen molar-refractivity contribution in [2.24, 2.45) is 0 Å². The summed E-state index contributed by atoms with van der Waals surface area (Å²) >= 11 is 0. The Morgan fingerprint density at radius 3 is 2.48 bits per heavy atom. The molecule has 0 bridgehead atoms. The van der Waals surface area contributed by atoms with Crippen LogP contribution >= 0.6 is 0 Å². The maximum Gasteiger partial charge on any atom is 0.220 e. The predicted molar refractivity (Wildman–Crippen MR) is 136 cm³/mol. The number of aromatic nitrogens is 1. The molecule has 33 heavy (non-hydrogen) atoms. The standard InChI is InChI=1S/C29H28N2O2/c1-20(22-14-8-11-21-10-2-3-12-23(21)22)30-28(32)18-6-7-19-33-27-17-9-16-26-29(27)24-13-4-5-15-25(24)31-26/h2-5,8-17,20,31H,6-7,18-19H2,1H3,(H,30,32)/t20-/m1/s1. The molecule has 0 saturated carbocycles. The molecule has 0 radical (unpaired) electrons. The lowest BCUT2D eigenvalue weighted by Gasteiger charge is -2.16. The number of carbonyl (C=O) groups is 1. The third kappa shape index (κ3) is 4.42. The van der Waals surface area contributed by atoms with Gasteiger partial charge in [-0.2, -0.15) is 0 Å². The molecule has 1 aromatic heterocycles. The van der Waals surface area contributed by atoms with Crippen molar-refractivity contribution in [2.75, 3.05) is 6.61 Å². The number of fused-ring (bicyclic) bond motifs is 4. The fourth-order valence-electron chi connectivity index (χ4n) is 4.58. The summed E-state index contributed by atoms with van der Waals surface area (Å²) in [5.74, 6) is 0.966. The Hall–Kier alpha value is -3.79. The molecule has 0 aliphatic rings. The van der Waals surface area contributed by atoms with Crippen LogP contribution in [-0.2, 0) is 4.79 Å². The molecule has 0 spiro atoms. The molecule has 0 unspecified atom stereocenters. The number of nitrogens with one attached hydrogen (secondary N) is 2. The highest BCUT2D eigenvalue weighted by Crippen LogP contribution is 2.33. The van der Waals surface area contributed by atoms with E-state index in [0.717, 1.165) is 40.6 Å². The van der Waals surface area contributed by atoms with Crippen molar-refractivity contribution in [1.82, 2.24) is 10.3 Å². The van der Waals surface area contributed by atoms with Crippen molar-refractivity contribution in [3.05, 3.63) is 90.5 Å². The lowest BCUT2D eigenvalue weighted by atomic mass is 9.99. The van der Waals surface area contributed by atoms with Crippen LogP contribution in [0.25, 0.3) is 32.6 Å². The smallest absolute Gasteiger partial charge is 0.220 e. The molecule has 1 atom stereocenters. The van der Waals surface area contributed by atoms with E-state index in [9.17, 15) is 4.79 Å². The first-order valence-corrected chi connectivity index (χ1v) is 11.6. The lowest BCUT2D eigenvalue weighted by molar-refractivity contribution is -0.121. The van der Waals surface area contributed by atoms with Gasteiger partial charge in [0.1, 0.15) is 5.75 Å². The topological polar surface area (TPSA) is 54.1 Å². The number of ether oxygens (including phenoxy) is 1. The minimum absolute atomic E-state index is 0.0284. The summed E-state index contributed by atoms with van der Waals surface area (Å²) in [5.41, 5.74) is 3.34. The number of para-hydroxylation sites is 1. The second-order valence-electron chi connectivity index (χ2n) is 8.51. The summed E-state index contributed by atoms with van der Waals surface area (Å²) in [6.45, 7) is 2.63. The second kappa shape index (κ2) is 9.37.